The van der Waals surface area contributed by atoms with Crippen LogP contribution in [0.25, 0.3) is 5.69 Å². The van der Waals surface area contributed by atoms with E-state index in [1.54, 1.807) is 35.2 Å². The lowest BCUT2D eigenvalue weighted by Crippen LogP contribution is -2.52. The second-order valence-electron chi connectivity index (χ2n) is 7.68. The molecule has 1 fully saturated rings. The number of hydrogen-bond acceptors (Lipinski definition) is 6. The van der Waals surface area contributed by atoms with Crippen molar-refractivity contribution in [3.63, 3.8) is 0 Å². The van der Waals surface area contributed by atoms with Gasteiger partial charge < -0.3 is 14.5 Å². The molecule has 5 rings (SSSR count). The Morgan fingerprint density at radius 2 is 1.74 bits per heavy atom. The predicted octanol–water partition coefficient (Wildman–Crippen LogP) is 2.08. The predicted molar refractivity (Wildman–Crippen MR) is 112 cm³/mol. The number of nitrogens with zero attached hydrogens (tertiary/aromatic N) is 6. The summed E-state index contributed by atoms with van der Waals surface area (Å²) in [6.07, 6.45) is 3.93. The van der Waals surface area contributed by atoms with Crippen molar-refractivity contribution >= 4 is 17.5 Å². The van der Waals surface area contributed by atoms with Gasteiger partial charge in [0.25, 0.3) is 11.8 Å². The molecule has 0 unspecified atom stereocenters. The number of fused-ring (bicyclic) bond motifs is 1. The third-order valence-electron chi connectivity index (χ3n) is 5.69. The van der Waals surface area contributed by atoms with E-state index in [0.29, 0.717) is 17.0 Å². The summed E-state index contributed by atoms with van der Waals surface area (Å²) in [5.74, 6) is 0.305. The summed E-state index contributed by atoms with van der Waals surface area (Å²) in [5.41, 5.74) is 1.93. The fraction of sp³-hybridized carbons (Fsp3) is 0.318. The fourth-order valence-electron chi connectivity index (χ4n) is 4.07. The molecule has 0 aliphatic carbocycles. The average molecular weight is 418 g/mol. The Morgan fingerprint density at radius 3 is 2.48 bits per heavy atom. The first-order chi connectivity index (χ1) is 15.2. The van der Waals surface area contributed by atoms with Crippen LogP contribution in [0.2, 0.25) is 0 Å². The Balaban J connectivity index is 1.41. The van der Waals surface area contributed by atoms with Crippen LogP contribution in [-0.2, 0) is 4.79 Å². The van der Waals surface area contributed by atoms with Crippen molar-refractivity contribution < 1.29 is 14.3 Å². The van der Waals surface area contributed by atoms with Gasteiger partial charge in [0.1, 0.15) is 12.1 Å². The molecule has 9 nitrogen and oxygen atoms in total. The highest BCUT2D eigenvalue weighted by Gasteiger charge is 2.36. The SMILES string of the molecule is O=C([C@H]1CN(C(=O)c2ccc(-n3cnnn3)cc2)c2ccccc2O1)N1CCCCC1. The summed E-state index contributed by atoms with van der Waals surface area (Å²) in [5, 5.41) is 11.1. The second kappa shape index (κ2) is 8.17. The summed E-state index contributed by atoms with van der Waals surface area (Å²) in [4.78, 5) is 30.0. The molecule has 2 aromatic carbocycles. The minimum Gasteiger partial charge on any atom is -0.476 e. The summed E-state index contributed by atoms with van der Waals surface area (Å²) in [6.45, 7) is 1.67. The third-order valence-corrected chi connectivity index (χ3v) is 5.69. The molecule has 9 heteroatoms. The number of benzene rings is 2. The van der Waals surface area contributed by atoms with E-state index in [9.17, 15) is 9.59 Å². The molecule has 31 heavy (non-hydrogen) atoms. The Labute approximate surface area is 179 Å². The van der Waals surface area contributed by atoms with Crippen molar-refractivity contribution in [2.45, 2.75) is 25.4 Å². The van der Waals surface area contributed by atoms with Gasteiger partial charge in [-0.2, -0.15) is 0 Å². The normalized spacial score (nSPS) is 18.3. The molecule has 158 valence electrons. The molecule has 2 aliphatic rings. The zero-order chi connectivity index (χ0) is 21.2. The molecule has 1 saturated heterocycles. The van der Waals surface area contributed by atoms with Gasteiger partial charge in [0.15, 0.2) is 6.10 Å². The highest BCUT2D eigenvalue weighted by Crippen LogP contribution is 2.34. The van der Waals surface area contributed by atoms with Gasteiger partial charge >= 0.3 is 0 Å². The summed E-state index contributed by atoms with van der Waals surface area (Å²) in [6, 6.07) is 14.4. The molecule has 1 atom stereocenters. The van der Waals surface area contributed by atoms with Crippen molar-refractivity contribution in [1.29, 1.82) is 0 Å². The number of rotatable bonds is 3. The number of likely N-dealkylation sites (tertiary alicyclic amines) is 1. The summed E-state index contributed by atoms with van der Waals surface area (Å²) in [7, 11) is 0. The summed E-state index contributed by atoms with van der Waals surface area (Å²) >= 11 is 0. The number of carbonyl (C=O) groups excluding carboxylic acids is 2. The second-order valence-corrected chi connectivity index (χ2v) is 7.68. The first kappa shape index (κ1) is 19.2. The fourth-order valence-corrected chi connectivity index (χ4v) is 4.07. The first-order valence-electron chi connectivity index (χ1n) is 10.4. The number of anilines is 1. The van der Waals surface area contributed by atoms with E-state index in [4.69, 9.17) is 4.74 Å². The number of tetrazole rings is 1. The van der Waals surface area contributed by atoms with Gasteiger partial charge in [-0.3, -0.25) is 9.59 Å². The number of para-hydroxylation sites is 2. The molecule has 3 heterocycles. The number of hydrogen-bond donors (Lipinski definition) is 0. The number of piperidine rings is 1. The van der Waals surface area contributed by atoms with Gasteiger partial charge in [0.05, 0.1) is 17.9 Å². The van der Waals surface area contributed by atoms with Gasteiger partial charge in [-0.25, -0.2) is 4.68 Å². The Bertz CT molecular complexity index is 1080. The monoisotopic (exact) mass is 418 g/mol. The maximum absolute atomic E-state index is 13.4. The first-order valence-corrected chi connectivity index (χ1v) is 10.4. The smallest absolute Gasteiger partial charge is 0.265 e. The maximum Gasteiger partial charge on any atom is 0.265 e. The van der Waals surface area contributed by atoms with E-state index in [2.05, 4.69) is 15.5 Å². The van der Waals surface area contributed by atoms with Crippen molar-refractivity contribution in [2.24, 2.45) is 0 Å². The van der Waals surface area contributed by atoms with E-state index in [-0.39, 0.29) is 18.4 Å². The quantitative estimate of drug-likeness (QED) is 0.647. The molecule has 0 N–H and O–H groups in total. The third kappa shape index (κ3) is 3.74. The van der Waals surface area contributed by atoms with Crippen LogP contribution in [0.15, 0.2) is 54.9 Å². The highest BCUT2D eigenvalue weighted by molar-refractivity contribution is 6.08. The molecule has 2 amide bonds. The number of aromatic nitrogens is 4. The van der Waals surface area contributed by atoms with E-state index >= 15 is 0 Å². The van der Waals surface area contributed by atoms with Gasteiger partial charge in [-0.15, -0.1) is 5.10 Å². The van der Waals surface area contributed by atoms with Crippen molar-refractivity contribution in [3.05, 3.63) is 60.4 Å². The molecule has 2 aliphatic heterocycles. The minimum atomic E-state index is -0.711. The van der Waals surface area contributed by atoms with Gasteiger partial charge in [-0.1, -0.05) is 12.1 Å². The number of ether oxygens (including phenoxy) is 1. The largest absolute Gasteiger partial charge is 0.476 e. The van der Waals surface area contributed by atoms with Crippen LogP contribution in [0.3, 0.4) is 0 Å². The maximum atomic E-state index is 13.4. The van der Waals surface area contributed by atoms with Crippen LogP contribution in [-0.4, -0.2) is 62.7 Å². The lowest BCUT2D eigenvalue weighted by atomic mass is 10.1. The zero-order valence-corrected chi connectivity index (χ0v) is 16.9. The van der Waals surface area contributed by atoms with Crippen molar-refractivity contribution in [2.75, 3.05) is 24.5 Å². The number of carbonyl (C=O) groups is 2. The van der Waals surface area contributed by atoms with Crippen LogP contribution in [0.1, 0.15) is 29.6 Å². The zero-order valence-electron chi connectivity index (χ0n) is 16.9. The van der Waals surface area contributed by atoms with E-state index in [0.717, 1.165) is 38.0 Å². The highest BCUT2D eigenvalue weighted by atomic mass is 16.5. The molecular formula is C22H22N6O3. The van der Waals surface area contributed by atoms with Crippen molar-refractivity contribution in [3.8, 4) is 11.4 Å². The molecule has 3 aromatic rings. The van der Waals surface area contributed by atoms with E-state index in [1.807, 2.05) is 23.1 Å². The lowest BCUT2D eigenvalue weighted by molar-refractivity contribution is -0.139. The topological polar surface area (TPSA) is 93.5 Å². The molecule has 1 aromatic heterocycles. The Hall–Kier alpha value is -3.75. The Kier molecular flexibility index (Phi) is 5.07. The van der Waals surface area contributed by atoms with E-state index < -0.39 is 6.10 Å². The number of amides is 2. The molecule has 0 radical (unpaired) electrons. The molecule has 0 spiro atoms. The van der Waals surface area contributed by atoms with Crippen LogP contribution < -0.4 is 9.64 Å². The molecule has 0 saturated carbocycles. The van der Waals surface area contributed by atoms with Crippen LogP contribution in [0.5, 0.6) is 5.75 Å². The van der Waals surface area contributed by atoms with Crippen LogP contribution in [0, 0.1) is 0 Å². The van der Waals surface area contributed by atoms with Gasteiger partial charge in [0.2, 0.25) is 0 Å². The van der Waals surface area contributed by atoms with Crippen LogP contribution in [0.4, 0.5) is 5.69 Å². The lowest BCUT2D eigenvalue weighted by Gasteiger charge is -2.37. The van der Waals surface area contributed by atoms with Crippen LogP contribution >= 0.6 is 0 Å². The van der Waals surface area contributed by atoms with Gasteiger partial charge in [0, 0.05) is 18.7 Å². The van der Waals surface area contributed by atoms with Gasteiger partial charge in [-0.05, 0) is 66.1 Å². The standard InChI is InChI=1S/C22H22N6O3/c29-21(16-8-10-17(11-9-16)28-15-23-24-25-28)27-14-20(22(30)26-12-4-1-5-13-26)31-19-7-3-2-6-18(19)27/h2-3,6-11,15,20H,1,4-5,12-14H2/t20-/m1/s1. The Morgan fingerprint density at radius 1 is 0.968 bits per heavy atom. The summed E-state index contributed by atoms with van der Waals surface area (Å²) < 4.78 is 7.54. The minimum absolute atomic E-state index is 0.0546. The molecular weight excluding hydrogens is 396 g/mol. The van der Waals surface area contributed by atoms with Crippen molar-refractivity contribution in [1.82, 2.24) is 25.1 Å². The molecule has 0 bridgehead atoms. The average Bonchev–Trinajstić information content (AvgIpc) is 3.38. The van der Waals surface area contributed by atoms with E-state index in [1.165, 1.54) is 11.0 Å².